The summed E-state index contributed by atoms with van der Waals surface area (Å²) >= 11 is 0. The van der Waals surface area contributed by atoms with Gasteiger partial charge in [-0.05, 0) is 41.8 Å². The summed E-state index contributed by atoms with van der Waals surface area (Å²) in [6.07, 6.45) is 0.563. The minimum Gasteiger partial charge on any atom is -0.497 e. The zero-order chi connectivity index (χ0) is 14.5. The monoisotopic (exact) mass is 275 g/mol. The second-order valence-electron chi connectivity index (χ2n) is 4.55. The molecule has 0 aliphatic carbocycles. The van der Waals surface area contributed by atoms with Gasteiger partial charge in [0.15, 0.2) is 11.6 Å². The van der Waals surface area contributed by atoms with E-state index in [1.165, 1.54) is 13.2 Å². The number of rotatable bonds is 5. The minimum absolute atomic E-state index is 0.186. The number of nitrogens with two attached hydrogens (primary N) is 1. The molecule has 0 saturated carbocycles. The maximum absolute atomic E-state index is 13.6. The molecule has 2 rings (SSSR count). The summed E-state index contributed by atoms with van der Waals surface area (Å²) in [5, 5.41) is 0. The Morgan fingerprint density at radius 2 is 1.75 bits per heavy atom. The van der Waals surface area contributed by atoms with Crippen LogP contribution in [0.4, 0.5) is 4.39 Å². The lowest BCUT2D eigenvalue weighted by Gasteiger charge is -2.13. The van der Waals surface area contributed by atoms with E-state index in [1.807, 2.05) is 30.3 Å². The first kappa shape index (κ1) is 14.3. The van der Waals surface area contributed by atoms with E-state index in [1.54, 1.807) is 13.2 Å². The summed E-state index contributed by atoms with van der Waals surface area (Å²) in [4.78, 5) is 0. The molecule has 4 heteroatoms. The zero-order valence-corrected chi connectivity index (χ0v) is 11.6. The smallest absolute Gasteiger partial charge is 0.165 e. The van der Waals surface area contributed by atoms with Crippen molar-refractivity contribution in [2.45, 2.75) is 12.5 Å². The van der Waals surface area contributed by atoms with Crippen molar-refractivity contribution < 1.29 is 13.9 Å². The Kier molecular flexibility index (Phi) is 4.58. The van der Waals surface area contributed by atoms with Gasteiger partial charge >= 0.3 is 0 Å². The van der Waals surface area contributed by atoms with Gasteiger partial charge in [0.1, 0.15) is 5.75 Å². The number of halogens is 1. The first-order valence-corrected chi connectivity index (χ1v) is 6.36. The molecule has 106 valence electrons. The van der Waals surface area contributed by atoms with Gasteiger partial charge in [0, 0.05) is 6.04 Å². The van der Waals surface area contributed by atoms with Crippen LogP contribution in [0.5, 0.6) is 11.5 Å². The molecule has 0 bridgehead atoms. The van der Waals surface area contributed by atoms with Crippen molar-refractivity contribution in [3.63, 3.8) is 0 Å². The molecule has 0 spiro atoms. The van der Waals surface area contributed by atoms with Gasteiger partial charge in [0.2, 0.25) is 0 Å². The van der Waals surface area contributed by atoms with Crippen LogP contribution in [0.1, 0.15) is 17.2 Å². The predicted molar refractivity (Wildman–Crippen MR) is 76.6 cm³/mol. The number of benzene rings is 2. The fourth-order valence-corrected chi connectivity index (χ4v) is 2.06. The molecule has 0 saturated heterocycles. The van der Waals surface area contributed by atoms with Gasteiger partial charge in [-0.3, -0.25) is 0 Å². The molecular weight excluding hydrogens is 257 g/mol. The highest BCUT2D eigenvalue weighted by atomic mass is 19.1. The molecule has 2 N–H and O–H groups in total. The SMILES string of the molecule is COc1ccc(C(N)Cc2ccc(OC)c(F)c2)cc1. The first-order chi connectivity index (χ1) is 9.63. The van der Waals surface area contributed by atoms with Crippen molar-refractivity contribution in [1.82, 2.24) is 0 Å². The Hall–Kier alpha value is -2.07. The van der Waals surface area contributed by atoms with Gasteiger partial charge in [-0.2, -0.15) is 0 Å². The zero-order valence-electron chi connectivity index (χ0n) is 11.6. The van der Waals surface area contributed by atoms with Crippen molar-refractivity contribution in [2.75, 3.05) is 14.2 Å². The third-order valence-electron chi connectivity index (χ3n) is 3.22. The first-order valence-electron chi connectivity index (χ1n) is 6.36. The van der Waals surface area contributed by atoms with Crippen LogP contribution < -0.4 is 15.2 Å². The van der Waals surface area contributed by atoms with Crippen LogP contribution in [-0.4, -0.2) is 14.2 Å². The van der Waals surface area contributed by atoms with E-state index >= 15 is 0 Å². The van der Waals surface area contributed by atoms with Crippen LogP contribution in [0, 0.1) is 5.82 Å². The molecule has 0 heterocycles. The highest BCUT2D eigenvalue weighted by molar-refractivity contribution is 5.33. The van der Waals surface area contributed by atoms with Crippen molar-refractivity contribution in [3.8, 4) is 11.5 Å². The predicted octanol–water partition coefficient (Wildman–Crippen LogP) is 3.09. The van der Waals surface area contributed by atoms with E-state index in [0.29, 0.717) is 6.42 Å². The molecule has 2 aromatic rings. The Morgan fingerprint density at radius 1 is 1.05 bits per heavy atom. The molecule has 1 unspecified atom stereocenters. The lowest BCUT2D eigenvalue weighted by molar-refractivity contribution is 0.386. The highest BCUT2D eigenvalue weighted by Crippen LogP contribution is 2.22. The van der Waals surface area contributed by atoms with E-state index in [2.05, 4.69) is 0 Å². The summed E-state index contributed by atoms with van der Waals surface area (Å²) < 4.78 is 23.6. The lowest BCUT2D eigenvalue weighted by Crippen LogP contribution is -2.13. The Bertz CT molecular complexity index is 569. The molecule has 0 aromatic heterocycles. The van der Waals surface area contributed by atoms with E-state index in [-0.39, 0.29) is 17.6 Å². The number of ether oxygens (including phenoxy) is 2. The van der Waals surface area contributed by atoms with Crippen LogP contribution in [-0.2, 0) is 6.42 Å². The molecular formula is C16H18FNO2. The fraction of sp³-hybridized carbons (Fsp3) is 0.250. The minimum atomic E-state index is -0.369. The number of methoxy groups -OCH3 is 2. The van der Waals surface area contributed by atoms with Crippen molar-refractivity contribution >= 4 is 0 Å². The van der Waals surface area contributed by atoms with Gasteiger partial charge < -0.3 is 15.2 Å². The molecule has 1 atom stereocenters. The summed E-state index contributed by atoms with van der Waals surface area (Å²) in [6, 6.07) is 12.3. The largest absolute Gasteiger partial charge is 0.497 e. The summed E-state index contributed by atoms with van der Waals surface area (Å²) in [5.74, 6) is 0.662. The summed E-state index contributed by atoms with van der Waals surface area (Å²) in [6.45, 7) is 0. The third kappa shape index (κ3) is 3.27. The van der Waals surface area contributed by atoms with Crippen LogP contribution in [0.3, 0.4) is 0 Å². The molecule has 0 radical (unpaired) electrons. The molecule has 20 heavy (non-hydrogen) atoms. The maximum Gasteiger partial charge on any atom is 0.165 e. The summed E-state index contributed by atoms with van der Waals surface area (Å²) in [5.41, 5.74) is 7.97. The van der Waals surface area contributed by atoms with E-state index in [9.17, 15) is 4.39 Å². The average molecular weight is 275 g/mol. The lowest BCUT2D eigenvalue weighted by atomic mass is 9.99. The normalized spacial score (nSPS) is 12.0. The molecule has 0 aliphatic heterocycles. The van der Waals surface area contributed by atoms with Gasteiger partial charge in [0.05, 0.1) is 14.2 Å². The molecule has 0 fully saturated rings. The second kappa shape index (κ2) is 6.39. The highest BCUT2D eigenvalue weighted by Gasteiger charge is 2.10. The van der Waals surface area contributed by atoms with Gasteiger partial charge in [0.25, 0.3) is 0 Å². The molecule has 0 aliphatic rings. The van der Waals surface area contributed by atoms with E-state index < -0.39 is 0 Å². The fourth-order valence-electron chi connectivity index (χ4n) is 2.06. The van der Waals surface area contributed by atoms with Crippen LogP contribution >= 0.6 is 0 Å². The maximum atomic E-state index is 13.6. The second-order valence-corrected chi connectivity index (χ2v) is 4.55. The number of hydrogen-bond donors (Lipinski definition) is 1. The van der Waals surface area contributed by atoms with Crippen LogP contribution in [0.2, 0.25) is 0 Å². The van der Waals surface area contributed by atoms with Crippen molar-refractivity contribution in [3.05, 3.63) is 59.4 Å². The van der Waals surface area contributed by atoms with Crippen LogP contribution in [0.15, 0.2) is 42.5 Å². The quantitative estimate of drug-likeness (QED) is 0.912. The standard InChI is InChI=1S/C16H18FNO2/c1-19-13-6-4-12(5-7-13)15(18)10-11-3-8-16(20-2)14(17)9-11/h3-9,15H,10,18H2,1-2H3. The molecule has 3 nitrogen and oxygen atoms in total. The van der Waals surface area contributed by atoms with Gasteiger partial charge in [-0.25, -0.2) is 4.39 Å². The summed E-state index contributed by atoms with van der Waals surface area (Å²) in [7, 11) is 3.07. The topological polar surface area (TPSA) is 44.5 Å². The average Bonchev–Trinajstić information content (AvgIpc) is 2.47. The van der Waals surface area contributed by atoms with E-state index in [0.717, 1.165) is 16.9 Å². The molecule has 0 amide bonds. The van der Waals surface area contributed by atoms with Crippen LogP contribution in [0.25, 0.3) is 0 Å². The van der Waals surface area contributed by atoms with E-state index in [4.69, 9.17) is 15.2 Å². The third-order valence-corrected chi connectivity index (χ3v) is 3.22. The van der Waals surface area contributed by atoms with Crippen molar-refractivity contribution in [1.29, 1.82) is 0 Å². The number of hydrogen-bond acceptors (Lipinski definition) is 3. The molecule has 2 aromatic carbocycles. The van der Waals surface area contributed by atoms with Crippen molar-refractivity contribution in [2.24, 2.45) is 5.73 Å². The Morgan fingerprint density at radius 3 is 2.30 bits per heavy atom. The van der Waals surface area contributed by atoms with Gasteiger partial charge in [-0.1, -0.05) is 18.2 Å². The Labute approximate surface area is 118 Å². The Balaban J connectivity index is 2.10. The van der Waals surface area contributed by atoms with Gasteiger partial charge in [-0.15, -0.1) is 0 Å².